The lowest BCUT2D eigenvalue weighted by atomic mass is 9.88. The lowest BCUT2D eigenvalue weighted by Crippen LogP contribution is -2.41. The molecule has 1 aromatic carbocycles. The van der Waals surface area contributed by atoms with Crippen molar-refractivity contribution in [2.75, 3.05) is 31.1 Å². The van der Waals surface area contributed by atoms with E-state index in [1.54, 1.807) is 0 Å². The van der Waals surface area contributed by atoms with Gasteiger partial charge >= 0.3 is 6.18 Å². The molecule has 3 rings (SSSR count). The number of benzene rings is 1. The molecule has 0 radical (unpaired) electrons. The molecule has 2 aliphatic rings. The van der Waals surface area contributed by atoms with Gasteiger partial charge in [0, 0.05) is 18.8 Å². The summed E-state index contributed by atoms with van der Waals surface area (Å²) in [5.41, 5.74) is 3.40. The standard InChI is InChI=1S/C18H25F3N2/c1-13-9-15(14-4-6-22-7-5-14)11-17(10-13)23-8-2-3-16(12-23)18(19,20)21/h9-11,14,16,22H,2-8,12H2,1H3. The monoisotopic (exact) mass is 326 g/mol. The summed E-state index contributed by atoms with van der Waals surface area (Å²) in [5, 5.41) is 3.36. The minimum Gasteiger partial charge on any atom is -0.371 e. The predicted molar refractivity (Wildman–Crippen MR) is 87.0 cm³/mol. The molecule has 0 aliphatic carbocycles. The van der Waals surface area contributed by atoms with Crippen LogP contribution < -0.4 is 10.2 Å². The zero-order valence-electron chi connectivity index (χ0n) is 13.6. The van der Waals surface area contributed by atoms with Crippen molar-refractivity contribution in [1.82, 2.24) is 5.32 Å². The third-order valence-corrected chi connectivity index (χ3v) is 5.14. The van der Waals surface area contributed by atoms with Gasteiger partial charge in [-0.05, 0) is 74.9 Å². The smallest absolute Gasteiger partial charge is 0.371 e. The summed E-state index contributed by atoms with van der Waals surface area (Å²) in [6.45, 7) is 4.90. The van der Waals surface area contributed by atoms with E-state index < -0.39 is 12.1 Å². The number of nitrogens with zero attached hydrogens (tertiary/aromatic N) is 1. The third-order valence-electron chi connectivity index (χ3n) is 5.14. The molecule has 0 aromatic heterocycles. The molecule has 0 spiro atoms. The summed E-state index contributed by atoms with van der Waals surface area (Å²) >= 11 is 0. The van der Waals surface area contributed by atoms with E-state index >= 15 is 0 Å². The number of piperidine rings is 2. The van der Waals surface area contributed by atoms with Crippen molar-refractivity contribution in [3.8, 4) is 0 Å². The molecule has 0 amide bonds. The molecule has 1 aromatic rings. The lowest BCUT2D eigenvalue weighted by molar-refractivity contribution is -0.175. The maximum atomic E-state index is 13.0. The molecule has 128 valence electrons. The van der Waals surface area contributed by atoms with Crippen LogP contribution in [0.3, 0.4) is 0 Å². The fourth-order valence-corrected chi connectivity index (χ4v) is 3.84. The first-order chi connectivity index (χ1) is 10.9. The first kappa shape index (κ1) is 16.6. The average Bonchev–Trinajstić information content (AvgIpc) is 2.54. The van der Waals surface area contributed by atoms with Crippen LogP contribution in [-0.4, -0.2) is 32.4 Å². The largest absolute Gasteiger partial charge is 0.393 e. The zero-order chi connectivity index (χ0) is 16.4. The maximum Gasteiger partial charge on any atom is 0.393 e. The van der Waals surface area contributed by atoms with E-state index in [2.05, 4.69) is 17.4 Å². The number of hydrogen-bond donors (Lipinski definition) is 1. The number of rotatable bonds is 2. The van der Waals surface area contributed by atoms with Crippen molar-refractivity contribution in [1.29, 1.82) is 0 Å². The highest BCUT2D eigenvalue weighted by Gasteiger charge is 2.41. The fourth-order valence-electron chi connectivity index (χ4n) is 3.84. The second kappa shape index (κ2) is 6.71. The fraction of sp³-hybridized carbons (Fsp3) is 0.667. The molecule has 1 N–H and O–H groups in total. The molecule has 1 atom stereocenters. The Morgan fingerprint density at radius 1 is 1.09 bits per heavy atom. The SMILES string of the molecule is Cc1cc(C2CCNCC2)cc(N2CCCC(C(F)(F)F)C2)c1. The van der Waals surface area contributed by atoms with Crippen LogP contribution in [0.2, 0.25) is 0 Å². The van der Waals surface area contributed by atoms with E-state index in [0.717, 1.165) is 43.7 Å². The van der Waals surface area contributed by atoms with Gasteiger partial charge in [-0.25, -0.2) is 0 Å². The Morgan fingerprint density at radius 3 is 2.52 bits per heavy atom. The molecule has 0 bridgehead atoms. The van der Waals surface area contributed by atoms with E-state index in [-0.39, 0.29) is 13.0 Å². The molecular weight excluding hydrogens is 301 g/mol. The van der Waals surface area contributed by atoms with Crippen LogP contribution in [0.4, 0.5) is 18.9 Å². The summed E-state index contributed by atoms with van der Waals surface area (Å²) in [7, 11) is 0. The van der Waals surface area contributed by atoms with Crippen LogP contribution in [0.5, 0.6) is 0 Å². The number of hydrogen-bond acceptors (Lipinski definition) is 2. The van der Waals surface area contributed by atoms with Crippen molar-refractivity contribution in [2.24, 2.45) is 5.92 Å². The third kappa shape index (κ3) is 4.00. The van der Waals surface area contributed by atoms with Crippen LogP contribution >= 0.6 is 0 Å². The highest BCUT2D eigenvalue weighted by molar-refractivity contribution is 5.52. The molecule has 23 heavy (non-hydrogen) atoms. The minimum atomic E-state index is -4.08. The van der Waals surface area contributed by atoms with Gasteiger partial charge in [0.05, 0.1) is 5.92 Å². The van der Waals surface area contributed by atoms with Crippen molar-refractivity contribution in [2.45, 2.75) is 44.7 Å². The molecule has 1 unspecified atom stereocenters. The Bertz CT molecular complexity index is 536. The Hall–Kier alpha value is -1.23. The molecule has 2 heterocycles. The number of anilines is 1. The molecule has 0 saturated carbocycles. The highest BCUT2D eigenvalue weighted by atomic mass is 19.4. The second-order valence-corrected chi connectivity index (χ2v) is 6.95. The number of aryl methyl sites for hydroxylation is 1. The summed E-state index contributed by atoms with van der Waals surface area (Å²) in [6, 6.07) is 6.36. The summed E-state index contributed by atoms with van der Waals surface area (Å²) in [6.07, 6.45) is -1.00. The van der Waals surface area contributed by atoms with Crippen LogP contribution in [0.25, 0.3) is 0 Å². The van der Waals surface area contributed by atoms with Crippen molar-refractivity contribution in [3.63, 3.8) is 0 Å². The number of halogens is 3. The Labute approximate surface area is 136 Å². The van der Waals surface area contributed by atoms with E-state index in [0.29, 0.717) is 12.3 Å². The zero-order valence-corrected chi connectivity index (χ0v) is 13.6. The van der Waals surface area contributed by atoms with Crippen LogP contribution in [0.1, 0.15) is 42.7 Å². The topological polar surface area (TPSA) is 15.3 Å². The molecule has 2 fully saturated rings. The second-order valence-electron chi connectivity index (χ2n) is 6.95. The number of nitrogens with one attached hydrogen (secondary N) is 1. The van der Waals surface area contributed by atoms with Crippen LogP contribution in [-0.2, 0) is 0 Å². The van der Waals surface area contributed by atoms with Crippen molar-refractivity contribution < 1.29 is 13.2 Å². The molecular formula is C18H25F3N2. The van der Waals surface area contributed by atoms with Gasteiger partial charge in [0.2, 0.25) is 0 Å². The van der Waals surface area contributed by atoms with Gasteiger partial charge in [-0.3, -0.25) is 0 Å². The van der Waals surface area contributed by atoms with Crippen molar-refractivity contribution >= 4 is 5.69 Å². The lowest BCUT2D eigenvalue weighted by Gasteiger charge is -2.36. The van der Waals surface area contributed by atoms with Gasteiger partial charge in [-0.15, -0.1) is 0 Å². The average molecular weight is 326 g/mol. The van der Waals surface area contributed by atoms with E-state index in [4.69, 9.17) is 0 Å². The van der Waals surface area contributed by atoms with E-state index in [9.17, 15) is 13.2 Å². The van der Waals surface area contributed by atoms with Gasteiger partial charge in [0.1, 0.15) is 0 Å². The molecule has 5 heteroatoms. The van der Waals surface area contributed by atoms with Gasteiger partial charge in [0.15, 0.2) is 0 Å². The van der Waals surface area contributed by atoms with Crippen molar-refractivity contribution in [3.05, 3.63) is 29.3 Å². The molecule has 2 saturated heterocycles. The quantitative estimate of drug-likeness (QED) is 0.874. The Kier molecular flexibility index (Phi) is 4.85. The summed E-state index contributed by atoms with van der Waals surface area (Å²) in [4.78, 5) is 1.93. The minimum absolute atomic E-state index is 0.0958. The summed E-state index contributed by atoms with van der Waals surface area (Å²) < 4.78 is 39.1. The van der Waals surface area contributed by atoms with Gasteiger partial charge in [-0.2, -0.15) is 13.2 Å². The molecule has 2 aliphatic heterocycles. The van der Waals surface area contributed by atoms with E-state index in [1.807, 2.05) is 17.9 Å². The van der Waals surface area contributed by atoms with Gasteiger partial charge in [-0.1, -0.05) is 6.07 Å². The summed E-state index contributed by atoms with van der Waals surface area (Å²) in [5.74, 6) is -0.669. The van der Waals surface area contributed by atoms with Crippen LogP contribution in [0, 0.1) is 12.8 Å². The maximum absolute atomic E-state index is 13.0. The highest BCUT2D eigenvalue weighted by Crippen LogP contribution is 2.36. The Balaban J connectivity index is 1.80. The predicted octanol–water partition coefficient (Wildman–Crippen LogP) is 4.24. The normalized spacial score (nSPS) is 24.0. The van der Waals surface area contributed by atoms with E-state index in [1.165, 1.54) is 5.56 Å². The Morgan fingerprint density at radius 2 is 1.83 bits per heavy atom. The number of alkyl halides is 3. The first-order valence-corrected chi connectivity index (χ1v) is 8.57. The molecule has 2 nitrogen and oxygen atoms in total. The van der Waals surface area contributed by atoms with Crippen LogP contribution in [0.15, 0.2) is 18.2 Å². The van der Waals surface area contributed by atoms with Gasteiger partial charge in [0.25, 0.3) is 0 Å². The van der Waals surface area contributed by atoms with Gasteiger partial charge < -0.3 is 10.2 Å². The first-order valence-electron chi connectivity index (χ1n) is 8.57.